The predicted molar refractivity (Wildman–Crippen MR) is 154 cm³/mol. The van der Waals surface area contributed by atoms with Crippen molar-refractivity contribution in [3.05, 3.63) is 95.8 Å². The number of rotatable bonds is 6. The molecule has 0 radical (unpaired) electrons. The van der Waals surface area contributed by atoms with Crippen LogP contribution < -0.4 is 9.64 Å². The smallest absolute Gasteiger partial charge is 0.242 e. The highest BCUT2D eigenvalue weighted by molar-refractivity contribution is 8.00. The van der Waals surface area contributed by atoms with Crippen molar-refractivity contribution >= 4 is 29.4 Å². The Kier molecular flexibility index (Phi) is 7.30. The Hall–Kier alpha value is -4.11. The van der Waals surface area contributed by atoms with E-state index in [-0.39, 0.29) is 29.9 Å². The second kappa shape index (κ2) is 11.2. The average molecular weight is 557 g/mol. The summed E-state index contributed by atoms with van der Waals surface area (Å²) in [5, 5.41) is 4.53. The first-order chi connectivity index (χ1) is 19.5. The summed E-state index contributed by atoms with van der Waals surface area (Å²) < 4.78 is 22.4. The predicted octanol–water partition coefficient (Wildman–Crippen LogP) is 5.48. The van der Waals surface area contributed by atoms with Gasteiger partial charge in [0, 0.05) is 29.8 Å². The van der Waals surface area contributed by atoms with E-state index in [0.29, 0.717) is 47.2 Å². The number of anilines is 1. The lowest BCUT2D eigenvalue weighted by Crippen LogP contribution is -2.43. The number of methoxy groups -OCH3 is 1. The lowest BCUT2D eigenvalue weighted by Gasteiger charge is -2.25. The molecule has 2 amide bonds. The van der Waals surface area contributed by atoms with Crippen LogP contribution in [0.4, 0.5) is 10.2 Å². The number of fused-ring (bicyclic) bond motifs is 1. The Labute approximate surface area is 236 Å². The lowest BCUT2D eigenvalue weighted by atomic mass is 9.99. The molecule has 9 heteroatoms. The van der Waals surface area contributed by atoms with Gasteiger partial charge in [-0.05, 0) is 43.2 Å². The molecule has 3 aromatic carbocycles. The minimum Gasteiger partial charge on any atom is -0.497 e. The molecule has 7 nitrogen and oxygen atoms in total. The molecule has 6 rings (SSSR count). The molecule has 204 valence electrons. The zero-order valence-electron chi connectivity index (χ0n) is 22.1. The second-order valence-electron chi connectivity index (χ2n) is 9.84. The quantitative estimate of drug-likeness (QED) is 0.315. The number of benzene rings is 3. The normalized spacial score (nSPS) is 17.1. The fraction of sp³-hybridized carbons (Fsp3) is 0.258. The number of aromatic nitrogens is 2. The number of halogens is 1. The van der Waals surface area contributed by atoms with Crippen LogP contribution in [-0.4, -0.2) is 59.0 Å². The third-order valence-corrected chi connectivity index (χ3v) is 8.63. The lowest BCUT2D eigenvalue weighted by molar-refractivity contribution is -0.130. The Morgan fingerprint density at radius 1 is 1.00 bits per heavy atom. The zero-order chi connectivity index (χ0) is 27.6. The number of likely N-dealkylation sites (tertiary alicyclic amines) is 1. The number of nitrogens with zero attached hydrogens (tertiary/aromatic N) is 4. The zero-order valence-corrected chi connectivity index (χ0v) is 22.9. The van der Waals surface area contributed by atoms with Gasteiger partial charge in [0.2, 0.25) is 11.8 Å². The first kappa shape index (κ1) is 26.1. The highest BCUT2D eigenvalue weighted by Crippen LogP contribution is 2.49. The van der Waals surface area contributed by atoms with Crippen molar-refractivity contribution in [2.75, 3.05) is 37.4 Å². The molecule has 0 bridgehead atoms. The molecule has 40 heavy (non-hydrogen) atoms. The topological polar surface area (TPSA) is 67.7 Å². The molecule has 1 fully saturated rings. The van der Waals surface area contributed by atoms with Crippen LogP contribution in [0.1, 0.15) is 29.2 Å². The van der Waals surface area contributed by atoms with Crippen LogP contribution in [-0.2, 0) is 9.59 Å². The summed E-state index contributed by atoms with van der Waals surface area (Å²) in [7, 11) is 1.60. The Morgan fingerprint density at radius 3 is 2.40 bits per heavy atom. The van der Waals surface area contributed by atoms with Crippen molar-refractivity contribution in [2.45, 2.75) is 18.1 Å². The number of hydrogen-bond acceptors (Lipinski definition) is 5. The molecule has 1 unspecified atom stereocenters. The summed E-state index contributed by atoms with van der Waals surface area (Å²) in [5.41, 5.74) is 3.36. The van der Waals surface area contributed by atoms with Gasteiger partial charge < -0.3 is 9.64 Å². The first-order valence-electron chi connectivity index (χ1n) is 13.3. The molecule has 0 spiro atoms. The summed E-state index contributed by atoms with van der Waals surface area (Å²) in [5.74, 6) is 0.595. The average Bonchev–Trinajstić information content (AvgIpc) is 3.64. The molecule has 0 aliphatic carbocycles. The number of carbonyl (C=O) groups is 2. The molecule has 0 N–H and O–H groups in total. The molecular formula is C31H29FN4O3S. The van der Waals surface area contributed by atoms with Gasteiger partial charge in [-0.25, -0.2) is 9.07 Å². The van der Waals surface area contributed by atoms with E-state index in [1.54, 1.807) is 34.9 Å². The van der Waals surface area contributed by atoms with E-state index in [1.165, 1.54) is 17.8 Å². The van der Waals surface area contributed by atoms with Crippen molar-refractivity contribution in [2.24, 2.45) is 0 Å². The first-order valence-corrected chi connectivity index (χ1v) is 14.4. The summed E-state index contributed by atoms with van der Waals surface area (Å²) in [6.07, 6.45) is 1.91. The Balaban J connectivity index is 1.60. The molecule has 4 aromatic rings. The van der Waals surface area contributed by atoms with Crippen LogP contribution in [0.25, 0.3) is 16.9 Å². The maximum Gasteiger partial charge on any atom is 0.242 e. The Bertz CT molecular complexity index is 1530. The van der Waals surface area contributed by atoms with E-state index in [0.717, 1.165) is 18.4 Å². The van der Waals surface area contributed by atoms with Gasteiger partial charge >= 0.3 is 0 Å². The minimum absolute atomic E-state index is 0.0950. The Morgan fingerprint density at radius 2 is 1.70 bits per heavy atom. The van der Waals surface area contributed by atoms with Crippen molar-refractivity contribution in [3.8, 4) is 22.7 Å². The highest BCUT2D eigenvalue weighted by Gasteiger charge is 2.39. The van der Waals surface area contributed by atoms with Gasteiger partial charge in [0.05, 0.1) is 29.5 Å². The summed E-state index contributed by atoms with van der Waals surface area (Å²) in [4.78, 5) is 30.6. The number of amides is 2. The van der Waals surface area contributed by atoms with Gasteiger partial charge in [0.1, 0.15) is 23.9 Å². The molecular weight excluding hydrogens is 527 g/mol. The monoisotopic (exact) mass is 556 g/mol. The van der Waals surface area contributed by atoms with E-state index >= 15 is 4.39 Å². The van der Waals surface area contributed by atoms with Crippen molar-refractivity contribution in [1.82, 2.24) is 14.7 Å². The van der Waals surface area contributed by atoms with Crippen LogP contribution in [0.5, 0.6) is 5.75 Å². The molecule has 3 heterocycles. The van der Waals surface area contributed by atoms with E-state index < -0.39 is 5.25 Å². The number of ether oxygens (including phenoxy) is 1. The van der Waals surface area contributed by atoms with Crippen LogP contribution in [0.3, 0.4) is 0 Å². The number of thioether (sulfide) groups is 1. The summed E-state index contributed by atoms with van der Waals surface area (Å²) in [6.45, 7) is 1.27. The van der Waals surface area contributed by atoms with Crippen molar-refractivity contribution < 1.29 is 18.7 Å². The maximum atomic E-state index is 15.3. The standard InChI is InChI=1S/C31H29FN4O3S/c1-39-23-15-13-22(14-16-23)36-31-28(29(33-36)21-9-3-2-4-10-21)30(24-11-5-6-12-25(24)32)40-20-27(38)35(31)19-26(37)34-17-7-8-18-34/h2-6,9-16,30H,7-8,17-20H2,1H3. The van der Waals surface area contributed by atoms with E-state index in [2.05, 4.69) is 0 Å². The van der Waals surface area contributed by atoms with Crippen LogP contribution >= 0.6 is 11.8 Å². The van der Waals surface area contributed by atoms with E-state index in [9.17, 15) is 9.59 Å². The van der Waals surface area contributed by atoms with Gasteiger partial charge in [0.25, 0.3) is 0 Å². The summed E-state index contributed by atoms with van der Waals surface area (Å²) >= 11 is 1.36. The van der Waals surface area contributed by atoms with E-state index in [4.69, 9.17) is 9.84 Å². The van der Waals surface area contributed by atoms with Gasteiger partial charge in [-0.1, -0.05) is 48.5 Å². The third-order valence-electron chi connectivity index (χ3n) is 7.39. The molecule has 1 atom stereocenters. The highest BCUT2D eigenvalue weighted by atomic mass is 32.2. The van der Waals surface area contributed by atoms with Gasteiger partial charge in [-0.3, -0.25) is 14.5 Å². The fourth-order valence-corrected chi connectivity index (χ4v) is 6.59. The number of carbonyl (C=O) groups excluding carboxylic acids is 2. The molecule has 2 aliphatic rings. The van der Waals surface area contributed by atoms with Gasteiger partial charge in [0.15, 0.2) is 0 Å². The van der Waals surface area contributed by atoms with Crippen molar-refractivity contribution in [1.29, 1.82) is 0 Å². The van der Waals surface area contributed by atoms with Crippen molar-refractivity contribution in [3.63, 3.8) is 0 Å². The largest absolute Gasteiger partial charge is 0.497 e. The third kappa shape index (κ3) is 4.86. The van der Waals surface area contributed by atoms with Gasteiger partial charge in [-0.15, -0.1) is 11.8 Å². The van der Waals surface area contributed by atoms with Crippen LogP contribution in [0, 0.1) is 5.82 Å². The number of hydrogen-bond donors (Lipinski definition) is 0. The molecule has 0 saturated carbocycles. The SMILES string of the molecule is COc1ccc(-n2nc(-c3ccccc3)c3c2N(CC(=O)N2CCCC2)C(=O)CSC3c2ccccc2F)cc1. The molecule has 1 aromatic heterocycles. The molecule has 2 aliphatic heterocycles. The van der Waals surface area contributed by atoms with Crippen LogP contribution in [0.15, 0.2) is 78.9 Å². The molecule has 1 saturated heterocycles. The minimum atomic E-state index is -0.519. The second-order valence-corrected chi connectivity index (χ2v) is 10.9. The van der Waals surface area contributed by atoms with Gasteiger partial charge in [-0.2, -0.15) is 5.10 Å². The summed E-state index contributed by atoms with van der Waals surface area (Å²) in [6, 6.07) is 23.7. The van der Waals surface area contributed by atoms with Crippen LogP contribution in [0.2, 0.25) is 0 Å². The fourth-order valence-electron chi connectivity index (χ4n) is 5.37. The maximum absolute atomic E-state index is 15.3. The van der Waals surface area contributed by atoms with E-state index in [1.807, 2.05) is 59.5 Å².